The molecule has 0 atom stereocenters. The van der Waals surface area contributed by atoms with Crippen molar-refractivity contribution in [3.05, 3.63) is 51.9 Å². The number of thiophene rings is 1. The third kappa shape index (κ3) is 3.45. The van der Waals surface area contributed by atoms with E-state index in [9.17, 15) is 9.59 Å². The van der Waals surface area contributed by atoms with Crippen LogP contribution in [0.25, 0.3) is 0 Å². The maximum Gasteiger partial charge on any atom is 0.256 e. The van der Waals surface area contributed by atoms with Gasteiger partial charge in [-0.05, 0) is 54.0 Å². The molecule has 3 N–H and O–H groups in total. The van der Waals surface area contributed by atoms with Crippen LogP contribution in [0, 0.1) is 5.92 Å². The molecule has 0 unspecified atom stereocenters. The van der Waals surface area contributed by atoms with E-state index in [0.717, 1.165) is 32.4 Å². The van der Waals surface area contributed by atoms with Crippen LogP contribution in [0.5, 0.6) is 0 Å². The van der Waals surface area contributed by atoms with Gasteiger partial charge in [0, 0.05) is 31.1 Å². The Morgan fingerprint density at radius 1 is 1.12 bits per heavy atom. The van der Waals surface area contributed by atoms with Gasteiger partial charge in [0.05, 0.1) is 5.56 Å². The summed E-state index contributed by atoms with van der Waals surface area (Å²) in [7, 11) is 0. The molecule has 1 aromatic heterocycles. The number of hydrogen-bond acceptors (Lipinski definition) is 4. The molecule has 0 spiro atoms. The minimum Gasteiger partial charge on any atom is -0.352 e. The maximum atomic E-state index is 12.6. The highest BCUT2D eigenvalue weighted by Gasteiger charge is 2.20. The summed E-state index contributed by atoms with van der Waals surface area (Å²) >= 11 is 1.38. The molecule has 4 rings (SSSR count). The largest absolute Gasteiger partial charge is 0.352 e. The number of nitrogens with one attached hydrogen (secondary N) is 3. The molecule has 0 saturated carbocycles. The molecular weight excluding hydrogens is 334 g/mol. The van der Waals surface area contributed by atoms with Crippen molar-refractivity contribution < 1.29 is 9.59 Å². The fourth-order valence-electron chi connectivity index (χ4n) is 3.30. The lowest BCUT2D eigenvalue weighted by Gasteiger charge is -2.27. The van der Waals surface area contributed by atoms with Crippen LogP contribution >= 0.6 is 11.3 Å². The average molecular weight is 355 g/mol. The molecule has 1 saturated heterocycles. The fourth-order valence-corrected chi connectivity index (χ4v) is 4.08. The van der Waals surface area contributed by atoms with E-state index in [-0.39, 0.29) is 11.8 Å². The third-order valence-corrected chi connectivity index (χ3v) is 5.74. The first-order valence-corrected chi connectivity index (χ1v) is 9.58. The lowest BCUT2D eigenvalue weighted by Crippen LogP contribution is -2.48. The van der Waals surface area contributed by atoms with Crippen LogP contribution in [0.3, 0.4) is 0 Å². The molecular formula is C19H21N3O2S. The Hall–Kier alpha value is -2.18. The average Bonchev–Trinajstić information content (AvgIpc) is 3.21. The van der Waals surface area contributed by atoms with Gasteiger partial charge < -0.3 is 16.0 Å². The Kier molecular flexibility index (Phi) is 4.55. The number of aryl methyl sites for hydroxylation is 2. The summed E-state index contributed by atoms with van der Waals surface area (Å²) in [4.78, 5) is 24.9. The number of amides is 2. The maximum absolute atomic E-state index is 12.6. The van der Waals surface area contributed by atoms with E-state index in [2.05, 4.69) is 16.0 Å². The molecule has 2 amide bonds. The van der Waals surface area contributed by atoms with Gasteiger partial charge in [0.1, 0.15) is 5.00 Å². The van der Waals surface area contributed by atoms with Gasteiger partial charge in [-0.1, -0.05) is 6.07 Å². The van der Waals surface area contributed by atoms with Crippen molar-refractivity contribution in [1.29, 1.82) is 0 Å². The zero-order chi connectivity index (χ0) is 17.2. The second-order valence-corrected chi connectivity index (χ2v) is 7.60. The lowest BCUT2D eigenvalue weighted by atomic mass is 10.0. The van der Waals surface area contributed by atoms with Gasteiger partial charge in [0.15, 0.2) is 0 Å². The topological polar surface area (TPSA) is 70.2 Å². The Morgan fingerprint density at radius 2 is 1.96 bits per heavy atom. The predicted octanol–water partition coefficient (Wildman–Crippen LogP) is 2.44. The van der Waals surface area contributed by atoms with Crippen molar-refractivity contribution in [3.63, 3.8) is 0 Å². The lowest BCUT2D eigenvalue weighted by molar-refractivity contribution is 0.0943. The quantitative estimate of drug-likeness (QED) is 0.771. The van der Waals surface area contributed by atoms with Crippen LogP contribution in [0.15, 0.2) is 29.6 Å². The van der Waals surface area contributed by atoms with Crippen LogP contribution < -0.4 is 16.0 Å². The van der Waals surface area contributed by atoms with Crippen LogP contribution in [0.2, 0.25) is 0 Å². The number of carbonyl (C=O) groups is 2. The molecule has 1 fully saturated rings. The SMILES string of the molecule is O=C(Nc1sccc1C(=O)NCC1CNC1)c1ccc2c(c1)CCC2. The van der Waals surface area contributed by atoms with Crippen molar-refractivity contribution in [2.75, 3.05) is 25.0 Å². The van der Waals surface area contributed by atoms with Crippen molar-refractivity contribution in [3.8, 4) is 0 Å². The minimum absolute atomic E-state index is 0.127. The molecule has 0 radical (unpaired) electrons. The van der Waals surface area contributed by atoms with E-state index in [0.29, 0.717) is 28.6 Å². The van der Waals surface area contributed by atoms with Crippen LogP contribution in [-0.2, 0) is 12.8 Å². The Morgan fingerprint density at radius 3 is 2.76 bits per heavy atom. The van der Waals surface area contributed by atoms with E-state index in [1.54, 1.807) is 6.07 Å². The third-order valence-electron chi connectivity index (χ3n) is 4.91. The van der Waals surface area contributed by atoms with Gasteiger partial charge in [0.25, 0.3) is 11.8 Å². The van der Waals surface area contributed by atoms with Gasteiger partial charge in [0.2, 0.25) is 0 Å². The second-order valence-electron chi connectivity index (χ2n) is 6.69. The number of carbonyl (C=O) groups excluding carboxylic acids is 2. The first-order valence-electron chi connectivity index (χ1n) is 8.70. The molecule has 2 heterocycles. The highest BCUT2D eigenvalue weighted by Crippen LogP contribution is 2.26. The van der Waals surface area contributed by atoms with E-state index in [4.69, 9.17) is 0 Å². The predicted molar refractivity (Wildman–Crippen MR) is 99.4 cm³/mol. The standard InChI is InChI=1S/C19H21N3O2S/c23-17(15-5-4-13-2-1-3-14(13)8-15)22-19-16(6-7-25-19)18(24)21-11-12-9-20-10-12/h4-8,12,20H,1-3,9-11H2,(H,21,24)(H,22,23). The van der Waals surface area contributed by atoms with E-state index >= 15 is 0 Å². The molecule has 1 aliphatic carbocycles. The van der Waals surface area contributed by atoms with Crippen molar-refractivity contribution in [1.82, 2.24) is 10.6 Å². The second kappa shape index (κ2) is 6.98. The van der Waals surface area contributed by atoms with Gasteiger partial charge in [-0.15, -0.1) is 11.3 Å². The summed E-state index contributed by atoms with van der Waals surface area (Å²) in [6, 6.07) is 7.66. The first kappa shape index (κ1) is 16.3. The fraction of sp³-hybridized carbons (Fsp3) is 0.368. The minimum atomic E-state index is -0.158. The number of anilines is 1. The molecule has 130 valence electrons. The number of benzene rings is 1. The Balaban J connectivity index is 1.43. The highest BCUT2D eigenvalue weighted by molar-refractivity contribution is 7.14. The summed E-state index contributed by atoms with van der Waals surface area (Å²) in [6.45, 7) is 2.57. The van der Waals surface area contributed by atoms with Gasteiger partial charge in [-0.3, -0.25) is 9.59 Å². The number of fused-ring (bicyclic) bond motifs is 1. The van der Waals surface area contributed by atoms with Crippen molar-refractivity contribution in [2.45, 2.75) is 19.3 Å². The van der Waals surface area contributed by atoms with Crippen LogP contribution in [-0.4, -0.2) is 31.4 Å². The van der Waals surface area contributed by atoms with Crippen LogP contribution in [0.1, 0.15) is 38.3 Å². The van der Waals surface area contributed by atoms with E-state index in [1.165, 1.54) is 22.5 Å². The summed E-state index contributed by atoms with van der Waals surface area (Å²) < 4.78 is 0. The van der Waals surface area contributed by atoms with E-state index in [1.807, 2.05) is 23.6 Å². The van der Waals surface area contributed by atoms with E-state index < -0.39 is 0 Å². The highest BCUT2D eigenvalue weighted by atomic mass is 32.1. The van der Waals surface area contributed by atoms with Gasteiger partial charge in [-0.25, -0.2) is 0 Å². The summed E-state index contributed by atoms with van der Waals surface area (Å²) in [6.07, 6.45) is 3.30. The zero-order valence-corrected chi connectivity index (χ0v) is 14.7. The normalized spacial score (nSPS) is 16.2. The summed E-state index contributed by atoms with van der Waals surface area (Å²) in [5.41, 5.74) is 3.80. The number of hydrogen-bond donors (Lipinski definition) is 3. The molecule has 1 aliphatic heterocycles. The molecule has 6 heteroatoms. The van der Waals surface area contributed by atoms with Crippen molar-refractivity contribution >= 4 is 28.2 Å². The van der Waals surface area contributed by atoms with Gasteiger partial charge in [-0.2, -0.15) is 0 Å². The zero-order valence-electron chi connectivity index (χ0n) is 13.9. The van der Waals surface area contributed by atoms with Crippen LogP contribution in [0.4, 0.5) is 5.00 Å². The molecule has 2 aliphatic rings. The Bertz CT molecular complexity index is 811. The molecule has 25 heavy (non-hydrogen) atoms. The summed E-state index contributed by atoms with van der Waals surface area (Å²) in [5, 5.41) is 11.5. The molecule has 0 bridgehead atoms. The Labute approximate surface area is 150 Å². The summed E-state index contributed by atoms with van der Waals surface area (Å²) in [5.74, 6) is 0.221. The smallest absolute Gasteiger partial charge is 0.256 e. The molecule has 5 nitrogen and oxygen atoms in total. The first-order chi connectivity index (χ1) is 12.2. The molecule has 1 aromatic carbocycles. The van der Waals surface area contributed by atoms with Crippen molar-refractivity contribution in [2.24, 2.45) is 5.92 Å². The van der Waals surface area contributed by atoms with Gasteiger partial charge >= 0.3 is 0 Å². The molecule has 2 aromatic rings. The number of rotatable bonds is 5. The monoisotopic (exact) mass is 355 g/mol.